The highest BCUT2D eigenvalue weighted by molar-refractivity contribution is 5.99. The van der Waals surface area contributed by atoms with Crippen molar-refractivity contribution in [3.8, 4) is 0 Å². The first-order chi connectivity index (χ1) is 9.09. The van der Waals surface area contributed by atoms with E-state index < -0.39 is 0 Å². The lowest BCUT2D eigenvalue weighted by molar-refractivity contribution is 0.0601. The third-order valence-electron chi connectivity index (χ3n) is 4.32. The van der Waals surface area contributed by atoms with Gasteiger partial charge in [0, 0.05) is 19.3 Å². The molecule has 1 saturated heterocycles. The molecule has 3 N–H and O–H groups in total. The van der Waals surface area contributed by atoms with Gasteiger partial charge < -0.3 is 10.3 Å². The Hall–Kier alpha value is -1.62. The number of piperidine rings is 1. The zero-order chi connectivity index (χ0) is 13.9. The molecular weight excluding hydrogens is 240 g/mol. The highest BCUT2D eigenvalue weighted by Crippen LogP contribution is 2.34. The molecule has 19 heavy (non-hydrogen) atoms. The van der Waals surface area contributed by atoms with Crippen LogP contribution in [0.3, 0.4) is 0 Å². The lowest BCUT2D eigenvalue weighted by Crippen LogP contribution is -2.42. The summed E-state index contributed by atoms with van der Waals surface area (Å²) in [7, 11) is 0. The van der Waals surface area contributed by atoms with Gasteiger partial charge in [-0.3, -0.25) is 15.6 Å². The molecular formula is C14H22N4O. The van der Waals surface area contributed by atoms with E-state index in [1.807, 2.05) is 4.90 Å². The summed E-state index contributed by atoms with van der Waals surface area (Å²) < 4.78 is 0. The fraction of sp³-hybridized carbons (Fsp3) is 0.571. The minimum atomic E-state index is 0.0357. The quantitative estimate of drug-likeness (QED) is 0.646. The number of aromatic nitrogens is 1. The summed E-state index contributed by atoms with van der Waals surface area (Å²) >= 11 is 0. The molecule has 0 radical (unpaired) electrons. The van der Waals surface area contributed by atoms with Gasteiger partial charge in [-0.1, -0.05) is 20.3 Å². The first kappa shape index (κ1) is 13.8. The summed E-state index contributed by atoms with van der Waals surface area (Å²) in [6.07, 6.45) is 6.48. The smallest absolute Gasteiger partial charge is 0.256 e. The Kier molecular flexibility index (Phi) is 4.04. The van der Waals surface area contributed by atoms with Crippen LogP contribution in [0.15, 0.2) is 18.5 Å². The number of carbonyl (C=O) groups is 1. The van der Waals surface area contributed by atoms with Crippen LogP contribution in [0, 0.1) is 5.41 Å². The van der Waals surface area contributed by atoms with Crippen LogP contribution in [0.25, 0.3) is 0 Å². The molecule has 1 aromatic rings. The lowest BCUT2D eigenvalue weighted by atomic mass is 9.78. The van der Waals surface area contributed by atoms with E-state index in [1.54, 1.807) is 18.5 Å². The van der Waals surface area contributed by atoms with E-state index in [4.69, 9.17) is 5.84 Å². The molecule has 1 fully saturated rings. The Bertz CT molecular complexity index is 453. The maximum absolute atomic E-state index is 12.5. The second-order valence-electron chi connectivity index (χ2n) is 5.52. The van der Waals surface area contributed by atoms with Crippen molar-refractivity contribution < 1.29 is 4.79 Å². The van der Waals surface area contributed by atoms with E-state index in [9.17, 15) is 4.79 Å². The number of nitrogens with zero attached hydrogens (tertiary/aromatic N) is 2. The predicted octanol–water partition coefficient (Wildman–Crippen LogP) is 2.02. The van der Waals surface area contributed by atoms with Crippen LogP contribution in [0.1, 0.15) is 43.5 Å². The molecule has 0 bridgehead atoms. The first-order valence-electron chi connectivity index (χ1n) is 6.79. The number of rotatable bonds is 3. The number of hydrazine groups is 1. The molecule has 0 aliphatic carbocycles. The Morgan fingerprint density at radius 2 is 2.21 bits per heavy atom. The zero-order valence-electron chi connectivity index (χ0n) is 11.6. The van der Waals surface area contributed by atoms with E-state index in [1.165, 1.54) is 6.42 Å². The van der Waals surface area contributed by atoms with E-state index in [-0.39, 0.29) is 5.91 Å². The summed E-state index contributed by atoms with van der Waals surface area (Å²) in [5, 5.41) is 0. The number of pyridine rings is 1. The fourth-order valence-electron chi connectivity index (χ4n) is 2.47. The number of likely N-dealkylation sites (tertiary alicyclic amines) is 1. The van der Waals surface area contributed by atoms with Gasteiger partial charge in [0.15, 0.2) is 0 Å². The number of nitrogen functional groups attached to an aromatic ring is 1. The van der Waals surface area contributed by atoms with Crippen molar-refractivity contribution in [2.75, 3.05) is 18.5 Å². The van der Waals surface area contributed by atoms with Gasteiger partial charge in [0.05, 0.1) is 17.4 Å². The van der Waals surface area contributed by atoms with Crippen molar-refractivity contribution >= 4 is 11.6 Å². The second-order valence-corrected chi connectivity index (χ2v) is 5.52. The average Bonchev–Trinajstić information content (AvgIpc) is 2.47. The summed E-state index contributed by atoms with van der Waals surface area (Å²) in [6.45, 7) is 6.15. The van der Waals surface area contributed by atoms with Crippen molar-refractivity contribution in [1.29, 1.82) is 0 Å². The Balaban J connectivity index is 2.09. The predicted molar refractivity (Wildman–Crippen MR) is 75.6 cm³/mol. The van der Waals surface area contributed by atoms with Crippen LogP contribution in [-0.2, 0) is 0 Å². The number of amides is 1. The monoisotopic (exact) mass is 262 g/mol. The molecule has 0 unspecified atom stereocenters. The molecule has 2 rings (SSSR count). The number of hydrogen-bond acceptors (Lipinski definition) is 4. The van der Waals surface area contributed by atoms with Gasteiger partial charge in [-0.25, -0.2) is 0 Å². The fourth-order valence-corrected chi connectivity index (χ4v) is 2.47. The summed E-state index contributed by atoms with van der Waals surface area (Å²) in [5.41, 5.74) is 4.09. The third-order valence-corrected chi connectivity index (χ3v) is 4.32. The van der Waals surface area contributed by atoms with E-state index >= 15 is 0 Å². The van der Waals surface area contributed by atoms with Crippen LogP contribution in [0.4, 0.5) is 5.69 Å². The highest BCUT2D eigenvalue weighted by atomic mass is 16.2. The minimum Gasteiger partial charge on any atom is -0.339 e. The van der Waals surface area contributed by atoms with Crippen LogP contribution in [0.2, 0.25) is 0 Å². The van der Waals surface area contributed by atoms with Crippen LogP contribution in [-0.4, -0.2) is 28.9 Å². The summed E-state index contributed by atoms with van der Waals surface area (Å²) in [6, 6.07) is 1.71. The lowest BCUT2D eigenvalue weighted by Gasteiger charge is -2.39. The Morgan fingerprint density at radius 1 is 1.53 bits per heavy atom. The molecule has 0 atom stereocenters. The number of nitrogens with two attached hydrogens (primary N) is 1. The third kappa shape index (κ3) is 2.87. The average molecular weight is 262 g/mol. The number of hydrogen-bond donors (Lipinski definition) is 2. The van der Waals surface area contributed by atoms with Crippen molar-refractivity contribution in [1.82, 2.24) is 9.88 Å². The maximum Gasteiger partial charge on any atom is 0.256 e. The van der Waals surface area contributed by atoms with Gasteiger partial charge in [0.2, 0.25) is 0 Å². The van der Waals surface area contributed by atoms with Gasteiger partial charge in [-0.05, 0) is 24.3 Å². The van der Waals surface area contributed by atoms with Crippen LogP contribution >= 0.6 is 0 Å². The zero-order valence-corrected chi connectivity index (χ0v) is 11.6. The Labute approximate surface area is 114 Å². The van der Waals surface area contributed by atoms with Gasteiger partial charge in [-0.2, -0.15) is 0 Å². The van der Waals surface area contributed by atoms with Crippen molar-refractivity contribution in [3.63, 3.8) is 0 Å². The molecule has 1 aliphatic rings. The topological polar surface area (TPSA) is 71.2 Å². The number of carbonyl (C=O) groups excluding carboxylic acids is 1. The first-order valence-corrected chi connectivity index (χ1v) is 6.79. The van der Waals surface area contributed by atoms with Gasteiger partial charge in [0.1, 0.15) is 0 Å². The van der Waals surface area contributed by atoms with Gasteiger partial charge >= 0.3 is 0 Å². The van der Waals surface area contributed by atoms with E-state index in [0.717, 1.165) is 25.9 Å². The van der Waals surface area contributed by atoms with Crippen molar-refractivity contribution in [3.05, 3.63) is 24.0 Å². The molecule has 5 nitrogen and oxygen atoms in total. The van der Waals surface area contributed by atoms with Crippen molar-refractivity contribution in [2.24, 2.45) is 11.3 Å². The number of nitrogens with one attached hydrogen (secondary N) is 1. The SMILES string of the molecule is CCC1(C)CCN(C(=O)c2ccncc2NN)CC1. The molecule has 2 heterocycles. The Morgan fingerprint density at radius 3 is 2.79 bits per heavy atom. The molecule has 0 aromatic carbocycles. The molecule has 1 amide bonds. The minimum absolute atomic E-state index is 0.0357. The summed E-state index contributed by atoms with van der Waals surface area (Å²) in [5.74, 6) is 5.46. The molecule has 104 valence electrons. The summed E-state index contributed by atoms with van der Waals surface area (Å²) in [4.78, 5) is 18.4. The highest BCUT2D eigenvalue weighted by Gasteiger charge is 2.31. The van der Waals surface area contributed by atoms with E-state index in [2.05, 4.69) is 24.3 Å². The maximum atomic E-state index is 12.5. The normalized spacial score (nSPS) is 18.2. The van der Waals surface area contributed by atoms with Crippen LogP contribution in [0.5, 0.6) is 0 Å². The molecule has 0 saturated carbocycles. The molecule has 1 aromatic heterocycles. The van der Waals surface area contributed by atoms with Gasteiger partial charge in [-0.15, -0.1) is 0 Å². The molecule has 0 spiro atoms. The largest absolute Gasteiger partial charge is 0.339 e. The van der Waals surface area contributed by atoms with Gasteiger partial charge in [0.25, 0.3) is 5.91 Å². The number of anilines is 1. The second kappa shape index (κ2) is 5.57. The van der Waals surface area contributed by atoms with Crippen LogP contribution < -0.4 is 11.3 Å². The van der Waals surface area contributed by atoms with E-state index in [0.29, 0.717) is 16.7 Å². The molecule has 1 aliphatic heterocycles. The standard InChI is InChI=1S/C14H22N4O/c1-3-14(2)5-8-18(9-6-14)13(19)11-4-7-16-10-12(11)17-15/h4,7,10,17H,3,5-6,8-9,15H2,1-2H3. The molecule has 5 heteroatoms. The van der Waals surface area contributed by atoms with Crippen molar-refractivity contribution in [2.45, 2.75) is 33.1 Å².